The molecule has 0 spiro atoms. The van der Waals surface area contributed by atoms with E-state index < -0.39 is 0 Å². The maximum atomic E-state index is 5.74. The van der Waals surface area contributed by atoms with Crippen LogP contribution in [0.2, 0.25) is 0 Å². The van der Waals surface area contributed by atoms with E-state index in [0.717, 1.165) is 5.56 Å². The molecular weight excluding hydrogens is 158 g/mol. The van der Waals surface area contributed by atoms with E-state index in [2.05, 4.69) is 17.0 Å². The maximum absolute atomic E-state index is 5.74. The molecule has 1 heterocycles. The third-order valence-electron chi connectivity index (χ3n) is 2.59. The predicted octanol–water partition coefficient (Wildman–Crippen LogP) is 2.74. The monoisotopic (exact) mass is 173 g/mol. The lowest BCUT2D eigenvalue weighted by molar-refractivity contribution is 0.578. The van der Waals surface area contributed by atoms with Crippen molar-refractivity contribution in [2.45, 2.75) is 19.3 Å². The lowest BCUT2D eigenvalue weighted by Gasteiger charge is -2.28. The molecule has 0 amide bonds. The molecule has 1 aromatic carbocycles. The van der Waals surface area contributed by atoms with Crippen LogP contribution >= 0.6 is 0 Å². The van der Waals surface area contributed by atoms with Crippen LogP contribution in [0.4, 0.5) is 5.69 Å². The molecule has 0 aromatic heterocycles. The Kier molecular flexibility index (Phi) is 2.53. The molecule has 0 saturated carbocycles. The van der Waals surface area contributed by atoms with Gasteiger partial charge in [0.1, 0.15) is 0 Å². The van der Waals surface area contributed by atoms with Crippen LogP contribution in [0.25, 0.3) is 0 Å². The van der Waals surface area contributed by atoms with Gasteiger partial charge in [0.15, 0.2) is 0 Å². The minimum atomic E-state index is 0.864. The molecule has 2 radical (unpaired) electrons. The molecule has 0 bridgehead atoms. The third-order valence-corrected chi connectivity index (χ3v) is 2.59. The van der Waals surface area contributed by atoms with E-state index in [1.54, 1.807) is 0 Å². The zero-order chi connectivity index (χ0) is 9.10. The standard InChI is InChI=1S/C12H15N/c1-11-6-5-7-12(10-11)13-8-3-2-4-9-13/h1,5-7,10H,2-4,8-9H2. The fraction of sp³-hybridized carbons (Fsp3) is 0.417. The second-order valence-corrected chi connectivity index (χ2v) is 3.64. The van der Waals surface area contributed by atoms with E-state index >= 15 is 0 Å². The molecule has 2 rings (SSSR count). The minimum absolute atomic E-state index is 0.864. The minimum Gasteiger partial charge on any atom is -0.372 e. The highest BCUT2D eigenvalue weighted by Gasteiger charge is 2.09. The summed E-state index contributed by atoms with van der Waals surface area (Å²) in [4.78, 5) is 2.42. The van der Waals surface area contributed by atoms with Gasteiger partial charge in [-0.1, -0.05) is 12.1 Å². The van der Waals surface area contributed by atoms with Crippen LogP contribution in [0.5, 0.6) is 0 Å². The van der Waals surface area contributed by atoms with Gasteiger partial charge in [-0.05, 0) is 43.9 Å². The van der Waals surface area contributed by atoms with Gasteiger partial charge in [0.25, 0.3) is 0 Å². The predicted molar refractivity (Wildman–Crippen MR) is 55.9 cm³/mol. The van der Waals surface area contributed by atoms with E-state index in [9.17, 15) is 0 Å². The lowest BCUT2D eigenvalue weighted by atomic mass is 10.1. The quantitative estimate of drug-likeness (QED) is 0.631. The number of anilines is 1. The fourth-order valence-electron chi connectivity index (χ4n) is 1.87. The molecule has 68 valence electrons. The van der Waals surface area contributed by atoms with E-state index in [1.165, 1.54) is 38.0 Å². The Morgan fingerprint density at radius 3 is 2.54 bits per heavy atom. The summed E-state index contributed by atoms with van der Waals surface area (Å²) in [5.41, 5.74) is 2.14. The topological polar surface area (TPSA) is 3.24 Å². The van der Waals surface area contributed by atoms with Gasteiger partial charge >= 0.3 is 0 Å². The summed E-state index contributed by atoms with van der Waals surface area (Å²) in [6.07, 6.45) is 4.00. The zero-order valence-corrected chi connectivity index (χ0v) is 7.87. The van der Waals surface area contributed by atoms with E-state index in [4.69, 9.17) is 6.92 Å². The summed E-state index contributed by atoms with van der Waals surface area (Å²) in [7, 11) is 0. The van der Waals surface area contributed by atoms with Crippen LogP contribution in [-0.4, -0.2) is 13.1 Å². The van der Waals surface area contributed by atoms with E-state index in [1.807, 2.05) is 12.1 Å². The molecule has 1 aromatic rings. The second-order valence-electron chi connectivity index (χ2n) is 3.64. The smallest absolute Gasteiger partial charge is 0.0369 e. The number of hydrogen-bond donors (Lipinski definition) is 0. The average Bonchev–Trinajstić information content (AvgIpc) is 2.19. The Morgan fingerprint density at radius 2 is 1.85 bits per heavy atom. The largest absolute Gasteiger partial charge is 0.372 e. The van der Waals surface area contributed by atoms with Crippen molar-refractivity contribution in [3.8, 4) is 0 Å². The van der Waals surface area contributed by atoms with Crippen molar-refractivity contribution >= 4 is 5.69 Å². The van der Waals surface area contributed by atoms with Crippen molar-refractivity contribution < 1.29 is 0 Å². The number of nitrogens with zero attached hydrogens (tertiary/aromatic N) is 1. The first-order chi connectivity index (χ1) is 6.36. The van der Waals surface area contributed by atoms with E-state index in [0.29, 0.717) is 0 Å². The normalized spacial score (nSPS) is 17.5. The Labute approximate surface area is 80.4 Å². The number of benzene rings is 1. The zero-order valence-electron chi connectivity index (χ0n) is 7.87. The van der Waals surface area contributed by atoms with Gasteiger partial charge in [-0.2, -0.15) is 0 Å². The SMILES string of the molecule is [CH]c1cccc(N2CCCCC2)c1. The highest BCUT2D eigenvalue weighted by Crippen LogP contribution is 2.20. The van der Waals surface area contributed by atoms with Crippen LogP contribution in [0, 0.1) is 6.92 Å². The first-order valence-corrected chi connectivity index (χ1v) is 4.97. The lowest BCUT2D eigenvalue weighted by Crippen LogP contribution is -2.29. The molecule has 0 aliphatic carbocycles. The first kappa shape index (κ1) is 8.61. The van der Waals surface area contributed by atoms with Gasteiger partial charge in [0, 0.05) is 18.8 Å². The van der Waals surface area contributed by atoms with Gasteiger partial charge in [-0.15, -0.1) is 0 Å². The number of rotatable bonds is 1. The van der Waals surface area contributed by atoms with Gasteiger partial charge < -0.3 is 4.90 Å². The van der Waals surface area contributed by atoms with Crippen molar-refractivity contribution in [3.63, 3.8) is 0 Å². The summed E-state index contributed by atoms with van der Waals surface area (Å²) >= 11 is 0. The molecule has 1 heteroatoms. The summed E-state index contributed by atoms with van der Waals surface area (Å²) in [6.45, 7) is 8.11. The average molecular weight is 173 g/mol. The van der Waals surface area contributed by atoms with Gasteiger partial charge in [-0.3, -0.25) is 0 Å². The molecular formula is C12H15N. The molecule has 0 unspecified atom stereocenters. The number of piperidine rings is 1. The van der Waals surface area contributed by atoms with Gasteiger partial charge in [0.2, 0.25) is 0 Å². The van der Waals surface area contributed by atoms with Crippen LogP contribution in [0.3, 0.4) is 0 Å². The van der Waals surface area contributed by atoms with Crippen molar-refractivity contribution in [2.75, 3.05) is 18.0 Å². The van der Waals surface area contributed by atoms with Crippen LogP contribution in [0.15, 0.2) is 24.3 Å². The third kappa shape index (κ3) is 2.03. The van der Waals surface area contributed by atoms with Crippen molar-refractivity contribution in [2.24, 2.45) is 0 Å². The fourth-order valence-corrected chi connectivity index (χ4v) is 1.87. The Hall–Kier alpha value is -0.980. The van der Waals surface area contributed by atoms with Gasteiger partial charge in [0.05, 0.1) is 0 Å². The first-order valence-electron chi connectivity index (χ1n) is 4.97. The highest BCUT2D eigenvalue weighted by molar-refractivity contribution is 5.49. The second kappa shape index (κ2) is 3.82. The Bertz CT molecular complexity index is 274. The Balaban J connectivity index is 2.14. The molecule has 1 aliphatic rings. The molecule has 1 nitrogen and oxygen atoms in total. The van der Waals surface area contributed by atoms with Gasteiger partial charge in [-0.25, -0.2) is 0 Å². The molecule has 1 aliphatic heterocycles. The summed E-state index contributed by atoms with van der Waals surface area (Å²) < 4.78 is 0. The number of hydrogen-bond acceptors (Lipinski definition) is 1. The summed E-state index contributed by atoms with van der Waals surface area (Å²) in [6, 6.07) is 8.17. The van der Waals surface area contributed by atoms with Crippen molar-refractivity contribution in [1.29, 1.82) is 0 Å². The Morgan fingerprint density at radius 1 is 1.08 bits per heavy atom. The maximum Gasteiger partial charge on any atom is 0.0369 e. The van der Waals surface area contributed by atoms with Crippen LogP contribution < -0.4 is 4.90 Å². The summed E-state index contributed by atoms with van der Waals surface area (Å²) in [5, 5.41) is 0. The van der Waals surface area contributed by atoms with Crippen molar-refractivity contribution in [1.82, 2.24) is 0 Å². The molecule has 13 heavy (non-hydrogen) atoms. The highest BCUT2D eigenvalue weighted by atomic mass is 15.1. The molecule has 1 saturated heterocycles. The molecule has 1 fully saturated rings. The van der Waals surface area contributed by atoms with E-state index in [-0.39, 0.29) is 0 Å². The van der Waals surface area contributed by atoms with Crippen LogP contribution in [0.1, 0.15) is 24.8 Å². The van der Waals surface area contributed by atoms with Crippen LogP contribution in [-0.2, 0) is 0 Å². The molecule has 0 atom stereocenters. The van der Waals surface area contributed by atoms with Crippen molar-refractivity contribution in [3.05, 3.63) is 36.8 Å². The molecule has 0 N–H and O–H groups in total. The summed E-state index contributed by atoms with van der Waals surface area (Å²) in [5.74, 6) is 0.